The summed E-state index contributed by atoms with van der Waals surface area (Å²) in [6.45, 7) is 9.63. The largest absolute Gasteiger partial charge is 0.366 e. The van der Waals surface area contributed by atoms with Gasteiger partial charge in [-0.15, -0.1) is 0 Å². The Morgan fingerprint density at radius 1 is 1.38 bits per heavy atom. The number of primary amides is 1. The molecule has 4 heteroatoms. The van der Waals surface area contributed by atoms with Crippen molar-refractivity contribution in [3.8, 4) is 0 Å². The van der Waals surface area contributed by atoms with Crippen LogP contribution in [0, 0.1) is 6.92 Å². The average molecular weight is 289 g/mol. The molecule has 0 aromatic heterocycles. The van der Waals surface area contributed by atoms with E-state index in [0.29, 0.717) is 17.6 Å². The topological polar surface area (TPSA) is 58.4 Å². The summed E-state index contributed by atoms with van der Waals surface area (Å²) in [4.78, 5) is 13.8. The molecule has 2 rings (SSSR count). The van der Waals surface area contributed by atoms with E-state index >= 15 is 0 Å². The number of rotatable bonds is 5. The van der Waals surface area contributed by atoms with Crippen LogP contribution >= 0.6 is 0 Å². The number of piperazine rings is 1. The minimum absolute atomic E-state index is 0.357. The SMILES string of the molecule is CCC1CN(Cc2ccc(C(N)=O)cc2C)C(CC)CN1. The Hall–Kier alpha value is -1.39. The van der Waals surface area contributed by atoms with Gasteiger partial charge in [-0.1, -0.05) is 19.9 Å². The number of carbonyl (C=O) groups excluding carboxylic acids is 1. The third-order valence-corrected chi connectivity index (χ3v) is 4.58. The van der Waals surface area contributed by atoms with Gasteiger partial charge in [0.15, 0.2) is 0 Å². The van der Waals surface area contributed by atoms with Crippen molar-refractivity contribution >= 4 is 5.91 Å². The Labute approximate surface area is 127 Å². The number of aryl methyl sites for hydroxylation is 1. The predicted octanol–water partition coefficient (Wildman–Crippen LogP) is 2.06. The van der Waals surface area contributed by atoms with Gasteiger partial charge in [0.05, 0.1) is 0 Å². The summed E-state index contributed by atoms with van der Waals surface area (Å²) in [5, 5.41) is 3.62. The third kappa shape index (κ3) is 3.83. The fourth-order valence-corrected chi connectivity index (χ4v) is 3.04. The average Bonchev–Trinajstić information content (AvgIpc) is 2.49. The molecule has 0 aliphatic carbocycles. The number of carbonyl (C=O) groups is 1. The van der Waals surface area contributed by atoms with Gasteiger partial charge in [-0.25, -0.2) is 0 Å². The first-order valence-electron chi connectivity index (χ1n) is 7.91. The fraction of sp³-hybridized carbons (Fsp3) is 0.588. The van der Waals surface area contributed by atoms with E-state index in [1.165, 1.54) is 5.56 Å². The number of benzene rings is 1. The normalized spacial score (nSPS) is 23.2. The summed E-state index contributed by atoms with van der Waals surface area (Å²) in [7, 11) is 0. The van der Waals surface area contributed by atoms with Gasteiger partial charge in [-0.05, 0) is 43.0 Å². The van der Waals surface area contributed by atoms with E-state index in [2.05, 4.69) is 31.0 Å². The highest BCUT2D eigenvalue weighted by Crippen LogP contribution is 2.19. The molecule has 21 heavy (non-hydrogen) atoms. The van der Waals surface area contributed by atoms with Gasteiger partial charge in [0, 0.05) is 37.3 Å². The van der Waals surface area contributed by atoms with Crippen LogP contribution in [0.5, 0.6) is 0 Å². The minimum atomic E-state index is -0.357. The summed E-state index contributed by atoms with van der Waals surface area (Å²) < 4.78 is 0. The van der Waals surface area contributed by atoms with Crippen molar-refractivity contribution in [1.29, 1.82) is 0 Å². The van der Waals surface area contributed by atoms with E-state index in [0.717, 1.165) is 38.0 Å². The molecule has 0 spiro atoms. The molecule has 1 aromatic rings. The molecule has 1 aromatic carbocycles. The zero-order valence-corrected chi connectivity index (χ0v) is 13.4. The van der Waals surface area contributed by atoms with Gasteiger partial charge in [0.25, 0.3) is 0 Å². The second-order valence-electron chi connectivity index (χ2n) is 6.01. The van der Waals surface area contributed by atoms with Crippen LogP contribution in [0.4, 0.5) is 0 Å². The first-order valence-corrected chi connectivity index (χ1v) is 7.91. The van der Waals surface area contributed by atoms with Gasteiger partial charge in [0.2, 0.25) is 5.91 Å². The summed E-state index contributed by atoms with van der Waals surface area (Å²) in [5.74, 6) is -0.357. The maximum Gasteiger partial charge on any atom is 0.248 e. The van der Waals surface area contributed by atoms with Crippen LogP contribution in [-0.4, -0.2) is 36.0 Å². The molecule has 2 unspecified atom stereocenters. The van der Waals surface area contributed by atoms with Gasteiger partial charge < -0.3 is 11.1 Å². The maximum atomic E-state index is 11.2. The van der Waals surface area contributed by atoms with Crippen LogP contribution in [0.2, 0.25) is 0 Å². The molecule has 4 nitrogen and oxygen atoms in total. The molecule has 0 saturated carbocycles. The highest BCUT2D eigenvalue weighted by Gasteiger charge is 2.26. The summed E-state index contributed by atoms with van der Waals surface area (Å²) >= 11 is 0. The van der Waals surface area contributed by atoms with Gasteiger partial charge in [-0.3, -0.25) is 9.69 Å². The second kappa shape index (κ2) is 7.05. The molecule has 116 valence electrons. The molecule has 0 bridgehead atoms. The zero-order chi connectivity index (χ0) is 15.4. The number of nitrogens with one attached hydrogen (secondary N) is 1. The van der Waals surface area contributed by atoms with E-state index in [4.69, 9.17) is 5.73 Å². The Balaban J connectivity index is 2.13. The van der Waals surface area contributed by atoms with E-state index < -0.39 is 0 Å². The fourth-order valence-electron chi connectivity index (χ4n) is 3.04. The highest BCUT2D eigenvalue weighted by molar-refractivity contribution is 5.93. The first-order chi connectivity index (χ1) is 10.0. The molecule has 1 saturated heterocycles. The van der Waals surface area contributed by atoms with Crippen molar-refractivity contribution in [1.82, 2.24) is 10.2 Å². The lowest BCUT2D eigenvalue weighted by Crippen LogP contribution is -2.55. The lowest BCUT2D eigenvalue weighted by atomic mass is 10.0. The number of amides is 1. The minimum Gasteiger partial charge on any atom is -0.366 e. The van der Waals surface area contributed by atoms with E-state index in [-0.39, 0.29) is 5.91 Å². The Bertz CT molecular complexity index is 501. The molecular formula is C17H27N3O. The van der Waals surface area contributed by atoms with E-state index in [1.807, 2.05) is 18.2 Å². The van der Waals surface area contributed by atoms with Crippen LogP contribution in [0.3, 0.4) is 0 Å². The monoisotopic (exact) mass is 289 g/mol. The van der Waals surface area contributed by atoms with Crippen LogP contribution in [0.25, 0.3) is 0 Å². The van der Waals surface area contributed by atoms with Crippen LogP contribution in [0.15, 0.2) is 18.2 Å². The zero-order valence-electron chi connectivity index (χ0n) is 13.4. The summed E-state index contributed by atoms with van der Waals surface area (Å²) in [6, 6.07) is 6.95. The molecule has 1 aliphatic rings. The Morgan fingerprint density at radius 2 is 2.14 bits per heavy atom. The van der Waals surface area contributed by atoms with Crippen LogP contribution in [-0.2, 0) is 6.54 Å². The Kier molecular flexibility index (Phi) is 5.37. The quantitative estimate of drug-likeness (QED) is 0.872. The third-order valence-electron chi connectivity index (χ3n) is 4.58. The van der Waals surface area contributed by atoms with E-state index in [1.54, 1.807) is 0 Å². The van der Waals surface area contributed by atoms with Crippen molar-refractivity contribution in [3.63, 3.8) is 0 Å². The molecule has 1 fully saturated rings. The van der Waals surface area contributed by atoms with E-state index in [9.17, 15) is 4.79 Å². The number of nitrogens with two attached hydrogens (primary N) is 1. The van der Waals surface area contributed by atoms with Gasteiger partial charge >= 0.3 is 0 Å². The molecule has 1 heterocycles. The number of hydrogen-bond acceptors (Lipinski definition) is 3. The van der Waals surface area contributed by atoms with Crippen molar-refractivity contribution in [2.45, 2.75) is 52.2 Å². The van der Waals surface area contributed by atoms with Gasteiger partial charge in [-0.2, -0.15) is 0 Å². The molecular weight excluding hydrogens is 262 g/mol. The first kappa shape index (κ1) is 16.0. The molecule has 3 N–H and O–H groups in total. The summed E-state index contributed by atoms with van der Waals surface area (Å²) in [6.07, 6.45) is 2.31. The summed E-state index contributed by atoms with van der Waals surface area (Å²) in [5.41, 5.74) is 8.37. The standard InChI is InChI=1S/C17H27N3O/c1-4-15-11-20(16(5-2)9-19-15)10-14-7-6-13(17(18)21)8-12(14)3/h6-8,15-16,19H,4-5,9-11H2,1-3H3,(H2,18,21). The van der Waals surface area contributed by atoms with Crippen LogP contribution < -0.4 is 11.1 Å². The van der Waals surface area contributed by atoms with Gasteiger partial charge in [0.1, 0.15) is 0 Å². The van der Waals surface area contributed by atoms with Crippen LogP contribution in [0.1, 0.15) is 48.2 Å². The number of nitrogens with zero attached hydrogens (tertiary/aromatic N) is 1. The Morgan fingerprint density at radius 3 is 2.71 bits per heavy atom. The molecule has 1 aliphatic heterocycles. The van der Waals surface area contributed by atoms with Crippen molar-refractivity contribution < 1.29 is 4.79 Å². The smallest absolute Gasteiger partial charge is 0.248 e. The second-order valence-corrected chi connectivity index (χ2v) is 6.01. The van der Waals surface area contributed by atoms with Crippen molar-refractivity contribution in [2.75, 3.05) is 13.1 Å². The maximum absolute atomic E-state index is 11.2. The highest BCUT2D eigenvalue weighted by atomic mass is 16.1. The number of hydrogen-bond donors (Lipinski definition) is 2. The predicted molar refractivity (Wildman–Crippen MR) is 86.3 cm³/mol. The lowest BCUT2D eigenvalue weighted by Gasteiger charge is -2.40. The molecule has 1 amide bonds. The lowest BCUT2D eigenvalue weighted by molar-refractivity contribution is 0.1000. The molecule has 2 atom stereocenters. The van der Waals surface area contributed by atoms with Crippen molar-refractivity contribution in [2.24, 2.45) is 5.73 Å². The molecule has 0 radical (unpaired) electrons. The van der Waals surface area contributed by atoms with Crippen molar-refractivity contribution in [3.05, 3.63) is 34.9 Å².